The van der Waals surface area contributed by atoms with Gasteiger partial charge in [0.25, 0.3) is 0 Å². The van der Waals surface area contributed by atoms with Crippen LogP contribution in [0, 0.1) is 0 Å². The van der Waals surface area contributed by atoms with Crippen molar-refractivity contribution in [3.05, 3.63) is 72.9 Å². The number of allylic oxidation sites excluding steroid dienone is 12. The highest BCUT2D eigenvalue weighted by Crippen LogP contribution is 2.42. The van der Waals surface area contributed by atoms with Crippen LogP contribution < -0.4 is 0 Å². The lowest BCUT2D eigenvalue weighted by Gasteiger charge is -2.19. The van der Waals surface area contributed by atoms with Crippen molar-refractivity contribution in [1.29, 1.82) is 0 Å². The van der Waals surface area contributed by atoms with Gasteiger partial charge in [0.2, 0.25) is 0 Å². The Morgan fingerprint density at radius 3 is 1.60 bits per heavy atom. The summed E-state index contributed by atoms with van der Waals surface area (Å²) in [6.45, 7) is 3.69. The molecule has 0 bridgehead atoms. The van der Waals surface area contributed by atoms with Gasteiger partial charge in [0.15, 0.2) is 6.10 Å². The van der Waals surface area contributed by atoms with Gasteiger partial charge in [-0.3, -0.25) is 18.6 Å². The van der Waals surface area contributed by atoms with Gasteiger partial charge < -0.3 is 14.4 Å². The van der Waals surface area contributed by atoms with E-state index in [1.165, 1.54) is 38.5 Å². The van der Waals surface area contributed by atoms with E-state index in [9.17, 15) is 19.0 Å². The molecule has 9 heteroatoms. The number of phosphoric acid groups is 1. The molecule has 0 aliphatic heterocycles. The smallest absolute Gasteiger partial charge is 0.462 e. The Morgan fingerprint density at radius 2 is 1.04 bits per heavy atom. The van der Waals surface area contributed by atoms with E-state index in [4.69, 9.17) is 14.0 Å². The molecule has 2 unspecified atom stereocenters. The van der Waals surface area contributed by atoms with Crippen molar-refractivity contribution in [1.82, 2.24) is 0 Å². The van der Waals surface area contributed by atoms with Gasteiger partial charge >= 0.3 is 19.8 Å². The molecule has 0 aromatic carbocycles. The fourth-order valence-electron chi connectivity index (χ4n) is 4.75. The highest BCUT2D eigenvalue weighted by Gasteiger charge is 2.24. The van der Waals surface area contributed by atoms with Gasteiger partial charge in [-0.25, -0.2) is 4.57 Å². The second-order valence-corrected chi connectivity index (χ2v) is 13.9. The SMILES string of the molecule is CC/C=C\C/C=C\C/C=C\C/C=C\C/C=C\CCCC(=O)OC(COC(=O)CCCCCCC/C=C\CCCCCCC)COP(=O)(O)OC. The summed E-state index contributed by atoms with van der Waals surface area (Å²) >= 11 is 0. The quantitative estimate of drug-likeness (QED) is 0.0303. The third kappa shape index (κ3) is 35.3. The summed E-state index contributed by atoms with van der Waals surface area (Å²) in [4.78, 5) is 34.3. The van der Waals surface area contributed by atoms with E-state index >= 15 is 0 Å². The normalized spacial score (nSPS) is 14.2. The first-order chi connectivity index (χ1) is 24.3. The highest BCUT2D eigenvalue weighted by molar-refractivity contribution is 7.47. The first-order valence-corrected chi connectivity index (χ1v) is 20.6. The maximum atomic E-state index is 12.4. The van der Waals surface area contributed by atoms with Gasteiger partial charge in [-0.15, -0.1) is 0 Å². The average Bonchev–Trinajstić information content (AvgIpc) is 3.10. The van der Waals surface area contributed by atoms with Crippen LogP contribution in [0.4, 0.5) is 0 Å². The molecule has 0 aromatic rings. The molecular weight excluding hydrogens is 651 g/mol. The predicted molar refractivity (Wildman–Crippen MR) is 207 cm³/mol. The molecule has 0 heterocycles. The van der Waals surface area contributed by atoms with Crippen LogP contribution in [0.5, 0.6) is 0 Å². The van der Waals surface area contributed by atoms with Gasteiger partial charge in [-0.05, 0) is 77.0 Å². The van der Waals surface area contributed by atoms with Crippen LogP contribution in [0.25, 0.3) is 0 Å². The van der Waals surface area contributed by atoms with Crippen LogP contribution in [0.1, 0.15) is 149 Å². The maximum Gasteiger partial charge on any atom is 0.472 e. The second-order valence-electron chi connectivity index (χ2n) is 12.3. The number of hydrogen-bond acceptors (Lipinski definition) is 7. The number of ether oxygens (including phenoxy) is 2. The van der Waals surface area contributed by atoms with Crippen LogP contribution in [-0.2, 0) is 32.7 Å². The molecule has 0 spiro atoms. The minimum Gasteiger partial charge on any atom is -0.462 e. The molecule has 50 heavy (non-hydrogen) atoms. The van der Waals surface area contributed by atoms with Gasteiger partial charge in [0, 0.05) is 20.0 Å². The Hall–Kier alpha value is -2.51. The summed E-state index contributed by atoms with van der Waals surface area (Å²) < 4.78 is 31.8. The minimum atomic E-state index is -4.28. The Bertz CT molecular complexity index is 1040. The van der Waals surface area contributed by atoms with Crippen molar-refractivity contribution >= 4 is 19.8 Å². The molecule has 0 radical (unpaired) electrons. The van der Waals surface area contributed by atoms with Crippen LogP contribution >= 0.6 is 7.82 Å². The number of esters is 2. The Kier molecular flexibility index (Phi) is 34.5. The molecule has 0 fully saturated rings. The third-order valence-electron chi connectivity index (χ3n) is 7.68. The number of phosphoric ester groups is 1. The molecule has 2 atom stereocenters. The Balaban J connectivity index is 4.20. The average molecular weight is 721 g/mol. The number of unbranched alkanes of at least 4 members (excludes halogenated alkanes) is 11. The van der Waals surface area contributed by atoms with E-state index < -0.39 is 32.5 Å². The molecule has 286 valence electrons. The zero-order valence-electron chi connectivity index (χ0n) is 31.5. The van der Waals surface area contributed by atoms with Crippen molar-refractivity contribution < 1.29 is 37.6 Å². The molecule has 0 rings (SSSR count). The molecule has 0 saturated heterocycles. The van der Waals surface area contributed by atoms with Crippen molar-refractivity contribution in [2.45, 2.75) is 155 Å². The van der Waals surface area contributed by atoms with E-state index in [0.29, 0.717) is 12.8 Å². The topological polar surface area (TPSA) is 108 Å². The fourth-order valence-corrected chi connectivity index (χ4v) is 5.21. The van der Waals surface area contributed by atoms with Crippen molar-refractivity contribution in [2.75, 3.05) is 20.3 Å². The molecular formula is C41H69O8P. The number of rotatable bonds is 34. The molecule has 0 amide bonds. The zero-order valence-corrected chi connectivity index (χ0v) is 32.4. The number of carbonyl (C=O) groups excluding carboxylic acids is 2. The molecule has 0 aromatic heterocycles. The van der Waals surface area contributed by atoms with E-state index in [-0.39, 0.29) is 19.4 Å². The van der Waals surface area contributed by atoms with Crippen molar-refractivity contribution in [2.24, 2.45) is 0 Å². The van der Waals surface area contributed by atoms with Gasteiger partial charge in [0.1, 0.15) is 6.61 Å². The molecule has 8 nitrogen and oxygen atoms in total. The first kappa shape index (κ1) is 47.5. The molecule has 0 aliphatic rings. The highest BCUT2D eigenvalue weighted by atomic mass is 31.2. The van der Waals surface area contributed by atoms with E-state index in [1.807, 2.05) is 6.08 Å². The lowest BCUT2D eigenvalue weighted by molar-refractivity contribution is -0.161. The molecule has 0 aliphatic carbocycles. The summed E-state index contributed by atoms with van der Waals surface area (Å²) in [6, 6.07) is 0. The zero-order chi connectivity index (χ0) is 36.8. The second kappa shape index (κ2) is 36.3. The van der Waals surface area contributed by atoms with Crippen LogP contribution in [0.3, 0.4) is 0 Å². The number of hydrogen-bond donors (Lipinski definition) is 1. The standard InChI is InChI=1S/C41H69O8P/c1-4-6-8-10-12-14-16-18-20-21-22-24-26-28-30-32-34-36-41(43)49-39(38-48-50(44,45)46-3)37-47-40(42)35-33-31-29-27-25-23-19-17-15-13-11-9-7-5-2/h6,8,12,14,17-20,22,24,28,30,39H,4-5,7,9-11,13,15-16,21,23,25-27,29,31-38H2,1-3H3,(H,44,45)/b8-6-,14-12-,19-17-,20-18-,24-22-,30-28-. The largest absolute Gasteiger partial charge is 0.472 e. The summed E-state index contributed by atoms with van der Waals surface area (Å²) in [7, 11) is -3.23. The van der Waals surface area contributed by atoms with Gasteiger partial charge in [0.05, 0.1) is 6.61 Å². The van der Waals surface area contributed by atoms with E-state index in [2.05, 4.69) is 85.2 Å². The van der Waals surface area contributed by atoms with Gasteiger partial charge in [-0.1, -0.05) is 132 Å². The van der Waals surface area contributed by atoms with Crippen molar-refractivity contribution in [3.8, 4) is 0 Å². The minimum absolute atomic E-state index is 0.161. The predicted octanol–water partition coefficient (Wildman–Crippen LogP) is 11.8. The fraction of sp³-hybridized carbons (Fsp3) is 0.659. The van der Waals surface area contributed by atoms with Crippen LogP contribution in [0.2, 0.25) is 0 Å². The summed E-state index contributed by atoms with van der Waals surface area (Å²) in [5, 5.41) is 0. The van der Waals surface area contributed by atoms with E-state index in [0.717, 1.165) is 77.7 Å². The Morgan fingerprint density at radius 1 is 0.580 bits per heavy atom. The Labute approximate surface area is 304 Å². The van der Waals surface area contributed by atoms with Crippen molar-refractivity contribution in [3.63, 3.8) is 0 Å². The third-order valence-corrected chi connectivity index (χ3v) is 8.62. The van der Waals surface area contributed by atoms with Crippen LogP contribution in [0.15, 0.2) is 72.9 Å². The lowest BCUT2D eigenvalue weighted by Crippen LogP contribution is -2.29. The van der Waals surface area contributed by atoms with Gasteiger partial charge in [-0.2, -0.15) is 0 Å². The maximum absolute atomic E-state index is 12.4. The summed E-state index contributed by atoms with van der Waals surface area (Å²) in [5.74, 6) is -0.890. The summed E-state index contributed by atoms with van der Waals surface area (Å²) in [6.07, 6.45) is 45.3. The van der Waals surface area contributed by atoms with E-state index in [1.54, 1.807) is 0 Å². The lowest BCUT2D eigenvalue weighted by atomic mass is 10.1. The molecule has 0 saturated carbocycles. The summed E-state index contributed by atoms with van der Waals surface area (Å²) in [5.41, 5.74) is 0. The molecule has 1 N–H and O–H groups in total. The first-order valence-electron chi connectivity index (χ1n) is 19.1. The number of carbonyl (C=O) groups is 2. The monoisotopic (exact) mass is 720 g/mol. The van der Waals surface area contributed by atoms with Crippen LogP contribution in [-0.4, -0.2) is 43.3 Å².